The van der Waals surface area contributed by atoms with Gasteiger partial charge in [-0.25, -0.2) is 0 Å². The number of terminal acetylenes is 1. The van der Waals surface area contributed by atoms with Crippen LogP contribution in [0.5, 0.6) is 0 Å². The number of carbonyl (C=O) groups excluding carboxylic acids is 1. The van der Waals surface area contributed by atoms with Crippen LogP contribution in [0.2, 0.25) is 0 Å². The van der Waals surface area contributed by atoms with Gasteiger partial charge in [-0.2, -0.15) is 0 Å². The van der Waals surface area contributed by atoms with Crippen LogP contribution < -0.4 is 5.73 Å². The zero-order valence-electron chi connectivity index (χ0n) is 8.85. The Kier molecular flexibility index (Phi) is 4.60. The molecule has 0 aromatic rings. The quantitative estimate of drug-likeness (QED) is 0.621. The summed E-state index contributed by atoms with van der Waals surface area (Å²) in [5, 5.41) is 8.95. The first kappa shape index (κ1) is 12.0. The van der Waals surface area contributed by atoms with Crippen LogP contribution in [-0.4, -0.2) is 41.7 Å². The van der Waals surface area contributed by atoms with Gasteiger partial charge in [-0.15, -0.1) is 12.3 Å². The summed E-state index contributed by atoms with van der Waals surface area (Å²) in [6.07, 6.45) is 7.10. The summed E-state index contributed by atoms with van der Waals surface area (Å²) in [7, 11) is 0. The predicted octanol–water partition coefficient (Wildman–Crippen LogP) is -0.432. The van der Waals surface area contributed by atoms with E-state index in [0.29, 0.717) is 25.4 Å². The average Bonchev–Trinajstić information content (AvgIpc) is 2.28. The van der Waals surface area contributed by atoms with Crippen molar-refractivity contribution in [1.82, 2.24) is 4.90 Å². The van der Waals surface area contributed by atoms with Gasteiger partial charge >= 0.3 is 0 Å². The molecule has 84 valence electrons. The lowest BCUT2D eigenvalue weighted by molar-refractivity contribution is -0.134. The van der Waals surface area contributed by atoms with Crippen molar-refractivity contribution in [2.24, 2.45) is 11.7 Å². The molecule has 0 aromatic carbocycles. The number of rotatable bonds is 3. The van der Waals surface area contributed by atoms with Crippen LogP contribution >= 0.6 is 0 Å². The highest BCUT2D eigenvalue weighted by atomic mass is 16.3. The lowest BCUT2D eigenvalue weighted by Crippen LogP contribution is -2.47. The minimum absolute atomic E-state index is 0.0654. The topological polar surface area (TPSA) is 66.6 Å². The summed E-state index contributed by atoms with van der Waals surface area (Å²) in [4.78, 5) is 13.5. The number of nitrogens with two attached hydrogens (primary N) is 1. The molecule has 1 aliphatic heterocycles. The number of carbonyl (C=O) groups is 1. The molecule has 1 aliphatic rings. The number of likely N-dealkylation sites (tertiary alicyclic amines) is 1. The Morgan fingerprint density at radius 3 is 2.67 bits per heavy atom. The minimum atomic E-state index is -0.569. The van der Waals surface area contributed by atoms with Gasteiger partial charge in [-0.05, 0) is 18.8 Å². The van der Waals surface area contributed by atoms with Crippen LogP contribution in [0.3, 0.4) is 0 Å². The SMILES string of the molecule is C#CCC(N)C(=O)N1CCC(CO)CC1. The molecule has 1 heterocycles. The number of nitrogens with zero attached hydrogens (tertiary/aromatic N) is 1. The van der Waals surface area contributed by atoms with Crippen molar-refractivity contribution in [3.63, 3.8) is 0 Å². The van der Waals surface area contributed by atoms with Crippen molar-refractivity contribution in [2.75, 3.05) is 19.7 Å². The fraction of sp³-hybridized carbons (Fsp3) is 0.727. The van der Waals surface area contributed by atoms with E-state index >= 15 is 0 Å². The molecule has 0 saturated carbocycles. The number of hydrogen-bond acceptors (Lipinski definition) is 3. The molecule has 0 radical (unpaired) electrons. The van der Waals surface area contributed by atoms with Gasteiger partial charge in [0, 0.05) is 26.1 Å². The first-order chi connectivity index (χ1) is 7.19. The van der Waals surface area contributed by atoms with Gasteiger partial charge in [0.05, 0.1) is 6.04 Å². The largest absolute Gasteiger partial charge is 0.396 e. The maximum atomic E-state index is 11.7. The molecule has 1 unspecified atom stereocenters. The van der Waals surface area contributed by atoms with Gasteiger partial charge in [0.15, 0.2) is 0 Å². The number of aliphatic hydroxyl groups is 1. The van der Waals surface area contributed by atoms with Gasteiger partial charge < -0.3 is 15.7 Å². The zero-order valence-corrected chi connectivity index (χ0v) is 8.85. The second kappa shape index (κ2) is 5.74. The van der Waals surface area contributed by atoms with Crippen molar-refractivity contribution in [3.05, 3.63) is 0 Å². The summed E-state index contributed by atoms with van der Waals surface area (Å²) in [6.45, 7) is 1.57. The Bertz CT molecular complexity index is 252. The highest BCUT2D eigenvalue weighted by Gasteiger charge is 2.25. The van der Waals surface area contributed by atoms with Crippen molar-refractivity contribution in [2.45, 2.75) is 25.3 Å². The average molecular weight is 210 g/mol. The molecule has 4 heteroatoms. The van der Waals surface area contributed by atoms with Crippen molar-refractivity contribution in [1.29, 1.82) is 0 Å². The van der Waals surface area contributed by atoms with E-state index in [1.165, 1.54) is 0 Å². The van der Waals surface area contributed by atoms with E-state index in [1.807, 2.05) is 0 Å². The molecule has 1 fully saturated rings. The van der Waals surface area contributed by atoms with E-state index in [-0.39, 0.29) is 12.5 Å². The Morgan fingerprint density at radius 2 is 2.20 bits per heavy atom. The fourth-order valence-corrected chi connectivity index (χ4v) is 1.78. The monoisotopic (exact) mass is 210 g/mol. The Hall–Kier alpha value is -1.05. The third-order valence-electron chi connectivity index (χ3n) is 2.84. The maximum Gasteiger partial charge on any atom is 0.240 e. The standard InChI is InChI=1S/C11H18N2O2/c1-2-3-10(12)11(15)13-6-4-9(8-14)5-7-13/h1,9-10,14H,3-8,12H2. The Morgan fingerprint density at radius 1 is 1.60 bits per heavy atom. The molecule has 0 bridgehead atoms. The van der Waals surface area contributed by atoms with Gasteiger partial charge in [0.1, 0.15) is 0 Å². The molecule has 15 heavy (non-hydrogen) atoms. The third kappa shape index (κ3) is 3.22. The summed E-state index contributed by atoms with van der Waals surface area (Å²) in [5.74, 6) is 2.66. The smallest absolute Gasteiger partial charge is 0.240 e. The van der Waals surface area contributed by atoms with E-state index in [9.17, 15) is 4.79 Å². The van der Waals surface area contributed by atoms with Gasteiger partial charge in [-0.3, -0.25) is 4.79 Å². The van der Waals surface area contributed by atoms with Gasteiger partial charge in [-0.1, -0.05) is 0 Å². The second-order valence-corrected chi connectivity index (χ2v) is 3.97. The first-order valence-corrected chi connectivity index (χ1v) is 5.27. The summed E-state index contributed by atoms with van der Waals surface area (Å²) >= 11 is 0. The van der Waals surface area contributed by atoms with Crippen LogP contribution in [-0.2, 0) is 4.79 Å². The molecule has 1 saturated heterocycles. The van der Waals surface area contributed by atoms with Gasteiger partial charge in [0.25, 0.3) is 0 Å². The molecule has 3 N–H and O–H groups in total. The summed E-state index contributed by atoms with van der Waals surface area (Å²) in [6, 6.07) is -0.569. The molecule has 0 aromatic heterocycles. The van der Waals surface area contributed by atoms with E-state index < -0.39 is 6.04 Å². The summed E-state index contributed by atoms with van der Waals surface area (Å²) < 4.78 is 0. The second-order valence-electron chi connectivity index (χ2n) is 3.97. The van der Waals surface area contributed by atoms with Crippen molar-refractivity contribution < 1.29 is 9.90 Å². The molecule has 1 atom stereocenters. The van der Waals surface area contributed by atoms with Crippen LogP contribution in [0.15, 0.2) is 0 Å². The minimum Gasteiger partial charge on any atom is -0.396 e. The molecule has 1 amide bonds. The first-order valence-electron chi connectivity index (χ1n) is 5.27. The van der Waals surface area contributed by atoms with E-state index in [0.717, 1.165) is 12.8 Å². The van der Waals surface area contributed by atoms with E-state index in [2.05, 4.69) is 5.92 Å². The van der Waals surface area contributed by atoms with Crippen LogP contribution in [0.25, 0.3) is 0 Å². The molecular weight excluding hydrogens is 192 g/mol. The van der Waals surface area contributed by atoms with E-state index in [4.69, 9.17) is 17.3 Å². The molecule has 0 spiro atoms. The Labute approximate surface area is 90.4 Å². The van der Waals surface area contributed by atoms with E-state index in [1.54, 1.807) is 4.90 Å². The number of aliphatic hydroxyl groups excluding tert-OH is 1. The Balaban J connectivity index is 2.40. The third-order valence-corrected chi connectivity index (χ3v) is 2.84. The highest BCUT2D eigenvalue weighted by Crippen LogP contribution is 2.16. The van der Waals surface area contributed by atoms with Crippen molar-refractivity contribution in [3.8, 4) is 12.3 Å². The molecule has 1 rings (SSSR count). The number of hydrogen-bond donors (Lipinski definition) is 2. The number of amides is 1. The molecular formula is C11H18N2O2. The maximum absolute atomic E-state index is 11.7. The predicted molar refractivity (Wildman–Crippen MR) is 57.8 cm³/mol. The van der Waals surface area contributed by atoms with Gasteiger partial charge in [0.2, 0.25) is 5.91 Å². The van der Waals surface area contributed by atoms with Crippen LogP contribution in [0, 0.1) is 18.3 Å². The highest BCUT2D eigenvalue weighted by molar-refractivity contribution is 5.82. The normalized spacial score (nSPS) is 19.7. The van der Waals surface area contributed by atoms with Crippen LogP contribution in [0.4, 0.5) is 0 Å². The van der Waals surface area contributed by atoms with Crippen LogP contribution in [0.1, 0.15) is 19.3 Å². The molecule has 4 nitrogen and oxygen atoms in total. The zero-order chi connectivity index (χ0) is 11.3. The summed E-state index contributed by atoms with van der Waals surface area (Å²) in [5.41, 5.74) is 5.64. The van der Waals surface area contributed by atoms with Crippen molar-refractivity contribution >= 4 is 5.91 Å². The fourth-order valence-electron chi connectivity index (χ4n) is 1.78. The lowest BCUT2D eigenvalue weighted by atomic mass is 9.97. The molecule has 0 aliphatic carbocycles. The number of piperidine rings is 1. The lowest BCUT2D eigenvalue weighted by Gasteiger charge is -2.32.